The molecule has 0 aromatic rings. The van der Waals surface area contributed by atoms with Crippen LogP contribution in [0, 0.1) is 0 Å². The number of carbonyl (C=O) groups excluding carboxylic acids is 1. The molecule has 21 heavy (non-hydrogen) atoms. The average molecular weight is 340 g/mol. The quantitative estimate of drug-likeness (QED) is 0.502. The SMILES string of the molecule is CCC[C@@H](NC(=O)C(CCSC)NS(=O)(=O)CC)C(=O)O. The molecule has 1 unspecified atom stereocenters. The molecule has 0 fully saturated rings. The third-order valence-electron chi connectivity index (χ3n) is 2.82. The van der Waals surface area contributed by atoms with E-state index in [1.807, 2.05) is 13.2 Å². The van der Waals surface area contributed by atoms with E-state index in [4.69, 9.17) is 5.11 Å². The summed E-state index contributed by atoms with van der Waals surface area (Å²) in [5, 5.41) is 11.4. The van der Waals surface area contributed by atoms with Crippen LogP contribution in [0.5, 0.6) is 0 Å². The summed E-state index contributed by atoms with van der Waals surface area (Å²) in [4.78, 5) is 23.2. The molecule has 124 valence electrons. The van der Waals surface area contributed by atoms with Crippen LogP contribution < -0.4 is 10.0 Å². The standard InChI is InChI=1S/C12H24N2O5S2/c1-4-6-10(12(16)17)13-11(15)9(7-8-20-3)14-21(18,19)5-2/h9-10,14H,4-8H2,1-3H3,(H,13,15)(H,16,17)/t9?,10-/m1/s1. The fraction of sp³-hybridized carbons (Fsp3) is 0.833. The summed E-state index contributed by atoms with van der Waals surface area (Å²) in [6.45, 7) is 3.29. The van der Waals surface area contributed by atoms with Crippen LogP contribution in [0.2, 0.25) is 0 Å². The van der Waals surface area contributed by atoms with Gasteiger partial charge in [-0.3, -0.25) is 4.79 Å². The minimum Gasteiger partial charge on any atom is -0.480 e. The van der Waals surface area contributed by atoms with E-state index in [0.717, 1.165) is 0 Å². The number of carbonyl (C=O) groups is 2. The number of rotatable bonds is 11. The van der Waals surface area contributed by atoms with Crippen molar-refractivity contribution in [2.75, 3.05) is 17.8 Å². The summed E-state index contributed by atoms with van der Waals surface area (Å²) in [7, 11) is -3.53. The van der Waals surface area contributed by atoms with Gasteiger partial charge >= 0.3 is 5.97 Å². The van der Waals surface area contributed by atoms with Gasteiger partial charge in [0.1, 0.15) is 12.1 Å². The molecular weight excluding hydrogens is 316 g/mol. The number of thioether (sulfide) groups is 1. The van der Waals surface area contributed by atoms with Crippen LogP contribution in [0.15, 0.2) is 0 Å². The largest absolute Gasteiger partial charge is 0.480 e. The summed E-state index contributed by atoms with van der Waals surface area (Å²) in [6, 6.07) is -1.94. The number of carboxylic acid groups (broad SMARTS) is 1. The van der Waals surface area contributed by atoms with Crippen LogP contribution in [0.3, 0.4) is 0 Å². The summed E-state index contributed by atoms with van der Waals surface area (Å²) < 4.78 is 25.5. The third kappa shape index (κ3) is 8.27. The molecular formula is C12H24N2O5S2. The Bertz CT molecular complexity index is 439. The Labute approximate surface area is 130 Å². The van der Waals surface area contributed by atoms with Gasteiger partial charge in [-0.15, -0.1) is 0 Å². The van der Waals surface area contributed by atoms with Gasteiger partial charge in [0.05, 0.1) is 5.75 Å². The van der Waals surface area contributed by atoms with E-state index < -0.39 is 34.0 Å². The fourth-order valence-electron chi connectivity index (χ4n) is 1.60. The summed E-state index contributed by atoms with van der Waals surface area (Å²) in [5.74, 6) is -1.25. The lowest BCUT2D eigenvalue weighted by Gasteiger charge is -2.20. The summed E-state index contributed by atoms with van der Waals surface area (Å²) >= 11 is 1.49. The molecule has 0 aliphatic carbocycles. The van der Waals surface area contributed by atoms with Gasteiger partial charge in [0.2, 0.25) is 15.9 Å². The highest BCUT2D eigenvalue weighted by Crippen LogP contribution is 2.05. The van der Waals surface area contributed by atoms with E-state index in [1.54, 1.807) is 0 Å². The molecule has 0 aliphatic heterocycles. The number of nitrogens with one attached hydrogen (secondary N) is 2. The van der Waals surface area contributed by atoms with Gasteiger partial charge < -0.3 is 10.4 Å². The number of amides is 1. The van der Waals surface area contributed by atoms with Crippen LogP contribution in [-0.2, 0) is 19.6 Å². The van der Waals surface area contributed by atoms with Crippen molar-refractivity contribution in [1.29, 1.82) is 0 Å². The maximum Gasteiger partial charge on any atom is 0.326 e. The zero-order valence-corrected chi connectivity index (χ0v) is 14.2. The highest BCUT2D eigenvalue weighted by atomic mass is 32.2. The number of hydrogen-bond acceptors (Lipinski definition) is 5. The number of aliphatic carboxylic acids is 1. The highest BCUT2D eigenvalue weighted by Gasteiger charge is 2.27. The fourth-order valence-corrected chi connectivity index (χ4v) is 2.89. The van der Waals surface area contributed by atoms with Gasteiger partial charge in [-0.1, -0.05) is 13.3 Å². The van der Waals surface area contributed by atoms with Gasteiger partial charge in [-0.25, -0.2) is 17.9 Å². The van der Waals surface area contributed by atoms with Crippen molar-refractivity contribution in [2.45, 2.75) is 45.2 Å². The van der Waals surface area contributed by atoms with E-state index >= 15 is 0 Å². The molecule has 0 saturated heterocycles. The number of hydrogen-bond donors (Lipinski definition) is 3. The summed E-state index contributed by atoms with van der Waals surface area (Å²) in [5.41, 5.74) is 0. The first-order valence-corrected chi connectivity index (χ1v) is 9.84. The van der Waals surface area contributed by atoms with Crippen molar-refractivity contribution in [2.24, 2.45) is 0 Å². The molecule has 0 aliphatic rings. The second kappa shape index (κ2) is 10.0. The number of sulfonamides is 1. The zero-order chi connectivity index (χ0) is 16.5. The number of carboxylic acids is 1. The van der Waals surface area contributed by atoms with Crippen LogP contribution in [0.25, 0.3) is 0 Å². The van der Waals surface area contributed by atoms with Crippen molar-refractivity contribution >= 4 is 33.7 Å². The molecule has 0 spiro atoms. The maximum absolute atomic E-state index is 12.1. The molecule has 0 saturated carbocycles. The minimum atomic E-state index is -3.53. The van der Waals surface area contributed by atoms with Gasteiger partial charge in [0.15, 0.2) is 0 Å². The van der Waals surface area contributed by atoms with Crippen molar-refractivity contribution in [3.05, 3.63) is 0 Å². The van der Waals surface area contributed by atoms with Crippen LogP contribution in [-0.4, -0.2) is 55.2 Å². The first kappa shape index (κ1) is 20.2. The molecule has 0 heterocycles. The molecule has 7 nitrogen and oxygen atoms in total. The lowest BCUT2D eigenvalue weighted by atomic mass is 10.1. The van der Waals surface area contributed by atoms with E-state index in [1.165, 1.54) is 18.7 Å². The first-order chi connectivity index (χ1) is 9.77. The van der Waals surface area contributed by atoms with Gasteiger partial charge in [0.25, 0.3) is 0 Å². The molecule has 0 rings (SSSR count). The van der Waals surface area contributed by atoms with Gasteiger partial charge in [-0.2, -0.15) is 11.8 Å². The van der Waals surface area contributed by atoms with Crippen LogP contribution in [0.1, 0.15) is 33.1 Å². The van der Waals surface area contributed by atoms with Crippen molar-refractivity contribution in [3.63, 3.8) is 0 Å². The molecule has 1 amide bonds. The predicted molar refractivity (Wildman–Crippen MR) is 83.9 cm³/mol. The minimum absolute atomic E-state index is 0.132. The lowest BCUT2D eigenvalue weighted by Crippen LogP contribution is -2.52. The van der Waals surface area contributed by atoms with E-state index in [9.17, 15) is 18.0 Å². The molecule has 0 aromatic carbocycles. The Morgan fingerprint density at radius 3 is 2.24 bits per heavy atom. The molecule has 0 bridgehead atoms. The topological polar surface area (TPSA) is 113 Å². The molecule has 2 atom stereocenters. The van der Waals surface area contributed by atoms with Crippen molar-refractivity contribution < 1.29 is 23.1 Å². The van der Waals surface area contributed by atoms with Crippen molar-refractivity contribution in [1.82, 2.24) is 10.0 Å². The normalized spacial score (nSPS) is 14.4. The zero-order valence-electron chi connectivity index (χ0n) is 12.6. The molecule has 9 heteroatoms. The van der Waals surface area contributed by atoms with E-state index in [0.29, 0.717) is 25.0 Å². The predicted octanol–water partition coefficient (Wildman–Crippen LogP) is 0.417. The lowest BCUT2D eigenvalue weighted by molar-refractivity contribution is -0.142. The Balaban J connectivity index is 4.88. The van der Waals surface area contributed by atoms with Crippen LogP contribution in [0.4, 0.5) is 0 Å². The second-order valence-electron chi connectivity index (χ2n) is 4.54. The molecule has 0 aromatic heterocycles. The highest BCUT2D eigenvalue weighted by molar-refractivity contribution is 7.98. The van der Waals surface area contributed by atoms with E-state index in [-0.39, 0.29) is 5.75 Å². The maximum atomic E-state index is 12.1. The molecule has 3 N–H and O–H groups in total. The second-order valence-corrected chi connectivity index (χ2v) is 7.57. The Hall–Kier alpha value is -0.800. The smallest absolute Gasteiger partial charge is 0.326 e. The van der Waals surface area contributed by atoms with Gasteiger partial charge in [-0.05, 0) is 31.8 Å². The monoisotopic (exact) mass is 340 g/mol. The first-order valence-electron chi connectivity index (χ1n) is 6.79. The summed E-state index contributed by atoms with van der Waals surface area (Å²) in [6.07, 6.45) is 3.06. The van der Waals surface area contributed by atoms with E-state index in [2.05, 4.69) is 10.0 Å². The van der Waals surface area contributed by atoms with Crippen molar-refractivity contribution in [3.8, 4) is 0 Å². The molecule has 0 radical (unpaired) electrons. The Kier molecular flexibility index (Phi) is 9.63. The Morgan fingerprint density at radius 2 is 1.81 bits per heavy atom. The Morgan fingerprint density at radius 1 is 1.19 bits per heavy atom. The van der Waals surface area contributed by atoms with Gasteiger partial charge in [0, 0.05) is 0 Å². The average Bonchev–Trinajstić information content (AvgIpc) is 2.42. The third-order valence-corrected chi connectivity index (χ3v) is 4.87. The van der Waals surface area contributed by atoms with Crippen LogP contribution >= 0.6 is 11.8 Å².